The largest absolute Gasteiger partial charge is 0.480 e. The van der Waals surface area contributed by atoms with Crippen LogP contribution in [0.15, 0.2) is 130 Å². The van der Waals surface area contributed by atoms with Gasteiger partial charge < -0.3 is 41.8 Å². The van der Waals surface area contributed by atoms with Crippen LogP contribution in [0, 0.1) is 10.8 Å². The van der Waals surface area contributed by atoms with E-state index < -0.39 is 47.7 Å². The van der Waals surface area contributed by atoms with Crippen molar-refractivity contribution in [1.82, 2.24) is 10.6 Å². The summed E-state index contributed by atoms with van der Waals surface area (Å²) < 4.78 is 11.2. The molecule has 356 valence electrons. The fraction of sp³-hybridized carbons (Fsp3) is 0.481. The lowest BCUT2D eigenvalue weighted by atomic mass is 9.71. The van der Waals surface area contributed by atoms with E-state index in [2.05, 4.69) is 62.6 Å². The summed E-state index contributed by atoms with van der Waals surface area (Å²) in [6.07, 6.45) is 29.1. The first-order chi connectivity index (χ1) is 30.4. The summed E-state index contributed by atoms with van der Waals surface area (Å²) >= 11 is 0. The van der Waals surface area contributed by atoms with Crippen LogP contribution in [-0.2, 0) is 23.9 Å². The number of allylic oxidation sites excluding steroid dienone is 20. The summed E-state index contributed by atoms with van der Waals surface area (Å²) in [4.78, 5) is 59.7. The molecule has 0 spiro atoms. The van der Waals surface area contributed by atoms with Gasteiger partial charge in [-0.1, -0.05) is 141 Å². The van der Waals surface area contributed by atoms with Crippen molar-refractivity contribution in [2.45, 2.75) is 138 Å². The number of nitrogens with one attached hydrogen (secondary N) is 2. The van der Waals surface area contributed by atoms with Crippen LogP contribution in [0.5, 0.6) is 0 Å². The van der Waals surface area contributed by atoms with Gasteiger partial charge in [-0.3, -0.25) is 14.4 Å². The lowest BCUT2D eigenvalue weighted by Crippen LogP contribution is -2.41. The maximum Gasteiger partial charge on any atom is 0.407 e. The van der Waals surface area contributed by atoms with Gasteiger partial charge >= 0.3 is 24.1 Å². The first-order valence-corrected chi connectivity index (χ1v) is 22.3. The summed E-state index contributed by atoms with van der Waals surface area (Å²) in [5.41, 5.74) is 18.5. The van der Waals surface area contributed by atoms with Crippen LogP contribution in [0.25, 0.3) is 0 Å². The third-order valence-corrected chi connectivity index (χ3v) is 11.3. The number of aliphatic carboxylic acids is 2. The van der Waals surface area contributed by atoms with Crippen molar-refractivity contribution in [2.75, 3.05) is 13.1 Å². The summed E-state index contributed by atoms with van der Waals surface area (Å²) in [5, 5.41) is 23.1. The summed E-state index contributed by atoms with van der Waals surface area (Å²) in [6, 6.07) is -1.93. The topological polar surface area (TPSA) is 220 Å². The number of carbonyl (C=O) groups is 5. The van der Waals surface area contributed by atoms with Crippen molar-refractivity contribution in [3.63, 3.8) is 0 Å². The number of nitrogens with two attached hydrogens (primary N) is 2. The Hall–Kier alpha value is -5.79. The monoisotopic (exact) mass is 899 g/mol. The molecule has 65 heavy (non-hydrogen) atoms. The van der Waals surface area contributed by atoms with Gasteiger partial charge in [-0.2, -0.15) is 0 Å². The molecule has 4 atom stereocenters. The van der Waals surface area contributed by atoms with Gasteiger partial charge in [-0.15, -0.1) is 0 Å². The molecule has 0 aromatic rings. The Morgan fingerprint density at radius 3 is 1.54 bits per heavy atom. The molecule has 2 aliphatic carbocycles. The van der Waals surface area contributed by atoms with E-state index in [9.17, 15) is 24.0 Å². The molecule has 0 saturated carbocycles. The highest BCUT2D eigenvalue weighted by Gasteiger charge is 2.40. The molecule has 0 aromatic heterocycles. The Labute approximate surface area is 386 Å². The fourth-order valence-corrected chi connectivity index (χ4v) is 7.63. The molecule has 8 N–H and O–H groups in total. The molecular weight excluding hydrogens is 825 g/mol. The summed E-state index contributed by atoms with van der Waals surface area (Å²) in [5.74, 6) is -2.39. The van der Waals surface area contributed by atoms with E-state index >= 15 is 0 Å². The van der Waals surface area contributed by atoms with E-state index in [-0.39, 0.29) is 36.7 Å². The molecule has 0 aliphatic heterocycles. The van der Waals surface area contributed by atoms with E-state index in [1.165, 1.54) is 11.1 Å². The lowest BCUT2D eigenvalue weighted by molar-refractivity contribution is -0.139. The Balaban J connectivity index is 1.90. The SMILES string of the molecule is CC1=C(/C=C/C(C)=C/C=C/C(C)=C/C=C/C=C(C)/C=C/C=C(C)/C=C/C2=C(C)C(=O)C(OC(=O)NCCCC(N)C(=O)O)CC2(C)C)C(C)(C)CC(OC(=O)NCCCC(N)C(=O)O)C1. The number of hydrogen-bond acceptors (Lipinski definition) is 9. The predicted octanol–water partition coefficient (Wildman–Crippen LogP) is 9.58. The number of ether oxygens (including phenoxy) is 2. The van der Waals surface area contributed by atoms with Crippen LogP contribution in [0.4, 0.5) is 9.59 Å². The van der Waals surface area contributed by atoms with E-state index in [4.69, 9.17) is 31.2 Å². The van der Waals surface area contributed by atoms with Gasteiger partial charge in [0, 0.05) is 25.9 Å². The van der Waals surface area contributed by atoms with Crippen molar-refractivity contribution in [2.24, 2.45) is 22.3 Å². The molecule has 0 fully saturated rings. The van der Waals surface area contributed by atoms with Gasteiger partial charge in [-0.25, -0.2) is 9.59 Å². The minimum atomic E-state index is -1.09. The van der Waals surface area contributed by atoms with Gasteiger partial charge in [0.2, 0.25) is 0 Å². The van der Waals surface area contributed by atoms with Crippen LogP contribution in [0.3, 0.4) is 0 Å². The van der Waals surface area contributed by atoms with Crippen LogP contribution < -0.4 is 22.1 Å². The van der Waals surface area contributed by atoms with Crippen molar-refractivity contribution in [3.8, 4) is 0 Å². The first-order valence-electron chi connectivity index (χ1n) is 22.3. The smallest absolute Gasteiger partial charge is 0.407 e. The van der Waals surface area contributed by atoms with Crippen molar-refractivity contribution < 1.29 is 43.7 Å². The summed E-state index contributed by atoms with van der Waals surface area (Å²) in [6.45, 7) is 20.8. The molecule has 13 nitrogen and oxygen atoms in total. The zero-order chi connectivity index (χ0) is 48.9. The van der Waals surface area contributed by atoms with E-state index in [1.54, 1.807) is 6.92 Å². The van der Waals surface area contributed by atoms with Gasteiger partial charge in [0.05, 0.1) is 0 Å². The fourth-order valence-electron chi connectivity index (χ4n) is 7.63. The summed E-state index contributed by atoms with van der Waals surface area (Å²) in [7, 11) is 0. The van der Waals surface area contributed by atoms with E-state index in [0.29, 0.717) is 44.2 Å². The number of rotatable bonds is 22. The highest BCUT2D eigenvalue weighted by molar-refractivity contribution is 6.01. The number of carboxylic acids is 2. The second kappa shape index (κ2) is 26.9. The Kier molecular flexibility index (Phi) is 22.9. The molecule has 4 unspecified atom stereocenters. The molecule has 0 radical (unpaired) electrons. The Bertz CT molecular complexity index is 2070. The molecule has 13 heteroatoms. The third-order valence-electron chi connectivity index (χ3n) is 11.3. The third kappa shape index (κ3) is 20.3. The molecule has 0 heterocycles. The first kappa shape index (κ1) is 55.3. The lowest BCUT2D eigenvalue weighted by Gasteiger charge is -2.37. The minimum absolute atomic E-state index is 0.192. The average molecular weight is 899 g/mol. The minimum Gasteiger partial charge on any atom is -0.480 e. The molecule has 0 saturated heterocycles. The zero-order valence-corrected chi connectivity index (χ0v) is 40.2. The van der Waals surface area contributed by atoms with E-state index in [1.807, 2.05) is 95.4 Å². The molecule has 2 aliphatic rings. The average Bonchev–Trinajstić information content (AvgIpc) is 3.20. The van der Waals surface area contributed by atoms with Crippen LogP contribution in [0.1, 0.15) is 114 Å². The molecular formula is C52H74N4O9. The quantitative estimate of drug-likeness (QED) is 0.0444. The zero-order valence-electron chi connectivity index (χ0n) is 40.2. The molecule has 2 amide bonds. The van der Waals surface area contributed by atoms with Crippen molar-refractivity contribution in [3.05, 3.63) is 130 Å². The van der Waals surface area contributed by atoms with Crippen molar-refractivity contribution in [1.29, 1.82) is 0 Å². The number of alkyl carbamates (subject to hydrolysis) is 2. The second-order valence-electron chi connectivity index (χ2n) is 18.3. The highest BCUT2D eigenvalue weighted by atomic mass is 16.6. The van der Waals surface area contributed by atoms with Crippen LogP contribution in [-0.4, -0.2) is 77.5 Å². The number of hydrogen-bond donors (Lipinski definition) is 6. The van der Waals surface area contributed by atoms with Gasteiger partial charge in [0.25, 0.3) is 0 Å². The number of carboxylic acid groups (broad SMARTS) is 2. The number of carbonyl (C=O) groups excluding carboxylic acids is 3. The maximum atomic E-state index is 13.2. The van der Waals surface area contributed by atoms with Gasteiger partial charge in [0.1, 0.15) is 18.2 Å². The van der Waals surface area contributed by atoms with Gasteiger partial charge in [-0.05, 0) is 101 Å². The standard InChI is InChI=1S/C52H74N4O9/c1-34(19-13-21-36(3)25-27-41-38(5)31-40(32-51(41,7)8)64-49(62)55-29-15-23-43(53)47(58)59)17-11-12-18-35(2)20-14-22-37(4)26-28-42-39(6)46(57)45(33-52(42,9)10)65-50(63)56-30-16-24-44(54)48(60)61/h11-14,17-22,25-28,40,43-45H,15-16,23-24,29-33,53-54H2,1-10H3,(H,55,62)(H,56,63)(H,58,59)(H,60,61)/b12-11+,19-13+,20-14+,27-25+,28-26+,34-17+,35-18+,36-21+,37-22+. The number of ketones is 1. The second-order valence-corrected chi connectivity index (χ2v) is 18.3. The molecule has 0 bridgehead atoms. The predicted molar refractivity (Wildman–Crippen MR) is 259 cm³/mol. The maximum absolute atomic E-state index is 13.2. The van der Waals surface area contributed by atoms with Gasteiger partial charge in [0.15, 0.2) is 11.9 Å². The highest BCUT2D eigenvalue weighted by Crippen LogP contribution is 2.43. The van der Waals surface area contributed by atoms with E-state index in [0.717, 1.165) is 27.9 Å². The molecule has 0 aromatic carbocycles. The Morgan fingerprint density at radius 2 is 1.08 bits per heavy atom. The van der Waals surface area contributed by atoms with Crippen molar-refractivity contribution >= 4 is 29.9 Å². The molecule has 2 rings (SSSR count). The van der Waals surface area contributed by atoms with Crippen LogP contribution >= 0.6 is 0 Å². The number of Topliss-reactive ketones (excluding diaryl/α,β-unsaturated/α-hetero) is 1. The van der Waals surface area contributed by atoms with Crippen LogP contribution in [0.2, 0.25) is 0 Å². The number of amides is 2. The Morgan fingerprint density at radius 1 is 0.662 bits per heavy atom. The normalized spacial score (nSPS) is 21.0.